The van der Waals surface area contributed by atoms with Crippen molar-refractivity contribution < 1.29 is 9.05 Å². The van der Waals surface area contributed by atoms with E-state index in [0.717, 1.165) is 10.0 Å². The Morgan fingerprint density at radius 3 is 2.28 bits per heavy atom. The van der Waals surface area contributed by atoms with Crippen LogP contribution >= 0.6 is 15.9 Å². The molecule has 0 unspecified atom stereocenters. The fraction of sp³-hybridized carbons (Fsp3) is 0.0909. The largest absolute Gasteiger partial charge is 0.329 e. The van der Waals surface area contributed by atoms with Gasteiger partial charge in [-0.25, -0.2) is 0 Å². The summed E-state index contributed by atoms with van der Waals surface area (Å²) in [7, 11) is 0. The van der Waals surface area contributed by atoms with Crippen LogP contribution in [0, 0.1) is 6.92 Å². The summed E-state index contributed by atoms with van der Waals surface area (Å²) in [6.07, 6.45) is 0. The van der Waals surface area contributed by atoms with Crippen LogP contribution in [0.15, 0.2) is 37.8 Å². The topological polar surface area (TPSA) is 77.8 Å². The molecule has 0 saturated carbocycles. The Morgan fingerprint density at radius 1 is 0.944 bits per heavy atom. The van der Waals surface area contributed by atoms with Crippen LogP contribution in [-0.2, 0) is 0 Å². The fourth-order valence-corrected chi connectivity index (χ4v) is 1.67. The van der Waals surface area contributed by atoms with Crippen molar-refractivity contribution in [3.63, 3.8) is 0 Å². The lowest BCUT2D eigenvalue weighted by molar-refractivity contribution is 0.381. The van der Waals surface area contributed by atoms with Crippen LogP contribution in [0.4, 0.5) is 0 Å². The SMILES string of the molecule is Cc1noc(-c2nc(-c3ccc(Br)cc3)no2)n1. The molecule has 0 bridgehead atoms. The molecule has 0 saturated heterocycles. The van der Waals surface area contributed by atoms with Gasteiger partial charge in [-0.2, -0.15) is 9.97 Å². The lowest BCUT2D eigenvalue weighted by Crippen LogP contribution is -1.81. The van der Waals surface area contributed by atoms with Crippen LogP contribution in [0.2, 0.25) is 0 Å². The highest BCUT2D eigenvalue weighted by molar-refractivity contribution is 9.10. The van der Waals surface area contributed by atoms with E-state index in [1.165, 1.54) is 0 Å². The fourth-order valence-electron chi connectivity index (χ4n) is 1.41. The van der Waals surface area contributed by atoms with E-state index in [4.69, 9.17) is 9.05 Å². The van der Waals surface area contributed by atoms with E-state index in [1.54, 1.807) is 6.92 Å². The molecule has 0 fully saturated rings. The second-order valence-corrected chi connectivity index (χ2v) is 4.49. The van der Waals surface area contributed by atoms with Crippen LogP contribution in [0.5, 0.6) is 0 Å². The minimum Gasteiger partial charge on any atom is -0.329 e. The molecule has 0 aliphatic rings. The third-order valence-electron chi connectivity index (χ3n) is 2.24. The van der Waals surface area contributed by atoms with Crippen LogP contribution in [0.1, 0.15) is 5.82 Å². The van der Waals surface area contributed by atoms with Crippen LogP contribution in [0.25, 0.3) is 23.2 Å². The molecule has 0 N–H and O–H groups in total. The first-order valence-electron chi connectivity index (χ1n) is 5.13. The normalized spacial score (nSPS) is 10.8. The molecule has 1 aromatic carbocycles. The van der Waals surface area contributed by atoms with Gasteiger partial charge in [-0.3, -0.25) is 0 Å². The van der Waals surface area contributed by atoms with E-state index >= 15 is 0 Å². The van der Waals surface area contributed by atoms with Gasteiger partial charge < -0.3 is 9.05 Å². The molecule has 7 heteroatoms. The quantitative estimate of drug-likeness (QED) is 0.724. The van der Waals surface area contributed by atoms with E-state index in [-0.39, 0.29) is 11.8 Å². The molecular weight excluding hydrogens is 300 g/mol. The molecular formula is C11H7BrN4O2. The summed E-state index contributed by atoms with van der Waals surface area (Å²) in [6.45, 7) is 1.72. The average molecular weight is 307 g/mol. The average Bonchev–Trinajstić information content (AvgIpc) is 2.98. The summed E-state index contributed by atoms with van der Waals surface area (Å²) in [6, 6.07) is 7.58. The standard InChI is InChI=1S/C11H7BrN4O2/c1-6-13-10(17-15-6)11-14-9(16-18-11)7-2-4-8(12)5-3-7/h2-5H,1H3. The van der Waals surface area contributed by atoms with E-state index in [2.05, 4.69) is 36.2 Å². The second-order valence-electron chi connectivity index (χ2n) is 3.58. The van der Waals surface area contributed by atoms with Crippen molar-refractivity contribution >= 4 is 15.9 Å². The molecule has 3 aromatic rings. The molecule has 0 spiro atoms. The first kappa shape index (κ1) is 11.1. The van der Waals surface area contributed by atoms with E-state index in [0.29, 0.717) is 11.6 Å². The van der Waals surface area contributed by atoms with Gasteiger partial charge in [-0.15, -0.1) is 0 Å². The maximum atomic E-state index is 5.08. The predicted molar refractivity (Wildman–Crippen MR) is 65.5 cm³/mol. The molecule has 2 heterocycles. The summed E-state index contributed by atoms with van der Waals surface area (Å²) in [5.41, 5.74) is 0.851. The van der Waals surface area contributed by atoms with Crippen molar-refractivity contribution in [3.8, 4) is 23.2 Å². The van der Waals surface area contributed by atoms with Gasteiger partial charge in [0.15, 0.2) is 5.82 Å². The van der Waals surface area contributed by atoms with E-state index in [1.807, 2.05) is 24.3 Å². The second kappa shape index (κ2) is 4.34. The number of benzene rings is 1. The van der Waals surface area contributed by atoms with Crippen LogP contribution < -0.4 is 0 Å². The number of nitrogens with zero attached hydrogens (tertiary/aromatic N) is 4. The van der Waals surface area contributed by atoms with E-state index < -0.39 is 0 Å². The van der Waals surface area contributed by atoms with Gasteiger partial charge in [0.05, 0.1) is 0 Å². The molecule has 0 aliphatic carbocycles. The van der Waals surface area contributed by atoms with Crippen LogP contribution in [-0.4, -0.2) is 20.3 Å². The smallest absolute Gasteiger partial charge is 0.316 e. The van der Waals surface area contributed by atoms with Crippen molar-refractivity contribution in [2.75, 3.05) is 0 Å². The van der Waals surface area contributed by atoms with Crippen molar-refractivity contribution in [2.45, 2.75) is 6.92 Å². The number of hydrogen-bond acceptors (Lipinski definition) is 6. The highest BCUT2D eigenvalue weighted by Gasteiger charge is 2.15. The number of rotatable bonds is 2. The first-order valence-corrected chi connectivity index (χ1v) is 5.92. The van der Waals surface area contributed by atoms with E-state index in [9.17, 15) is 0 Å². The highest BCUT2D eigenvalue weighted by atomic mass is 79.9. The summed E-state index contributed by atoms with van der Waals surface area (Å²) >= 11 is 3.37. The zero-order valence-corrected chi connectivity index (χ0v) is 10.9. The Kier molecular flexibility index (Phi) is 2.67. The van der Waals surface area contributed by atoms with Gasteiger partial charge in [-0.1, -0.05) is 26.2 Å². The Bertz CT molecular complexity index is 674. The van der Waals surface area contributed by atoms with Gasteiger partial charge in [0.1, 0.15) is 0 Å². The number of hydrogen-bond donors (Lipinski definition) is 0. The third-order valence-corrected chi connectivity index (χ3v) is 2.77. The predicted octanol–water partition coefficient (Wildman–Crippen LogP) is 2.86. The molecule has 90 valence electrons. The molecule has 0 radical (unpaired) electrons. The minimum atomic E-state index is 0.216. The molecule has 18 heavy (non-hydrogen) atoms. The monoisotopic (exact) mass is 306 g/mol. The Morgan fingerprint density at radius 2 is 1.61 bits per heavy atom. The van der Waals surface area contributed by atoms with Crippen molar-refractivity contribution in [1.82, 2.24) is 20.3 Å². The Labute approximate surface area is 110 Å². The van der Waals surface area contributed by atoms with Gasteiger partial charge in [0.2, 0.25) is 5.82 Å². The number of aromatic nitrogens is 4. The van der Waals surface area contributed by atoms with Gasteiger partial charge in [-0.05, 0) is 31.2 Å². The zero-order valence-electron chi connectivity index (χ0n) is 9.29. The minimum absolute atomic E-state index is 0.216. The first-order chi connectivity index (χ1) is 8.72. The number of halogens is 1. The van der Waals surface area contributed by atoms with Crippen molar-refractivity contribution in [2.24, 2.45) is 0 Å². The molecule has 0 aliphatic heterocycles. The molecule has 2 aromatic heterocycles. The zero-order chi connectivity index (χ0) is 12.5. The Hall–Kier alpha value is -2.02. The van der Waals surface area contributed by atoms with Crippen LogP contribution in [0.3, 0.4) is 0 Å². The highest BCUT2D eigenvalue weighted by Crippen LogP contribution is 2.22. The molecule has 0 atom stereocenters. The van der Waals surface area contributed by atoms with Gasteiger partial charge in [0, 0.05) is 10.0 Å². The van der Waals surface area contributed by atoms with Gasteiger partial charge in [0.25, 0.3) is 0 Å². The van der Waals surface area contributed by atoms with Gasteiger partial charge >= 0.3 is 11.8 Å². The lowest BCUT2D eigenvalue weighted by Gasteiger charge is -1.92. The summed E-state index contributed by atoms with van der Waals surface area (Å²) in [4.78, 5) is 8.22. The molecule has 3 rings (SSSR count). The molecule has 6 nitrogen and oxygen atoms in total. The third kappa shape index (κ3) is 2.04. The summed E-state index contributed by atoms with van der Waals surface area (Å²) < 4.78 is 11.0. The maximum Gasteiger partial charge on any atom is 0.316 e. The summed E-state index contributed by atoms with van der Waals surface area (Å²) in [5, 5.41) is 7.54. The number of aryl methyl sites for hydroxylation is 1. The molecule has 0 amide bonds. The maximum absolute atomic E-state index is 5.08. The summed E-state index contributed by atoms with van der Waals surface area (Å²) in [5.74, 6) is 1.44. The lowest BCUT2D eigenvalue weighted by atomic mass is 10.2. The van der Waals surface area contributed by atoms with Crippen molar-refractivity contribution in [3.05, 3.63) is 34.6 Å². The Balaban J connectivity index is 1.96. The van der Waals surface area contributed by atoms with Crippen molar-refractivity contribution in [1.29, 1.82) is 0 Å².